The van der Waals surface area contributed by atoms with E-state index in [9.17, 15) is 18.5 Å². The standard InChI is InChI=1S/C20H26N4O4S/c1-22(2)17-7-5-16(6-8-17)20(23-13-3-4-14-23)15-21-29(27,28)19-11-9-18(10-12-19)24(25)26/h5-12,20-21H,3-4,13-15H2,1-2H3/p+1/t20-/m1/s1. The van der Waals surface area contributed by atoms with Crippen LogP contribution in [0.3, 0.4) is 0 Å². The summed E-state index contributed by atoms with van der Waals surface area (Å²) in [6.45, 7) is 2.30. The Labute approximate surface area is 171 Å². The van der Waals surface area contributed by atoms with Gasteiger partial charge in [-0.05, 0) is 24.3 Å². The van der Waals surface area contributed by atoms with Crippen LogP contribution < -0.4 is 14.5 Å². The molecule has 1 aliphatic rings. The molecule has 2 aromatic carbocycles. The molecule has 3 rings (SSSR count). The van der Waals surface area contributed by atoms with E-state index in [1.54, 1.807) is 0 Å². The van der Waals surface area contributed by atoms with Crippen LogP contribution in [0.4, 0.5) is 11.4 Å². The summed E-state index contributed by atoms with van der Waals surface area (Å²) < 4.78 is 28.1. The van der Waals surface area contributed by atoms with E-state index in [1.807, 2.05) is 31.1 Å². The number of nitro benzene ring substituents is 1. The maximum atomic E-state index is 12.7. The normalized spacial score (nSPS) is 15.9. The molecule has 0 bridgehead atoms. The van der Waals surface area contributed by atoms with Gasteiger partial charge in [0.25, 0.3) is 5.69 Å². The second-order valence-electron chi connectivity index (χ2n) is 7.51. The lowest BCUT2D eigenvalue weighted by Gasteiger charge is -2.26. The highest BCUT2D eigenvalue weighted by molar-refractivity contribution is 7.89. The zero-order valence-corrected chi connectivity index (χ0v) is 17.5. The van der Waals surface area contributed by atoms with Crippen LogP contribution >= 0.6 is 0 Å². The van der Waals surface area contributed by atoms with Crippen molar-refractivity contribution in [3.63, 3.8) is 0 Å². The molecule has 156 valence electrons. The lowest BCUT2D eigenvalue weighted by Crippen LogP contribution is -3.11. The number of anilines is 1. The van der Waals surface area contributed by atoms with Crippen LogP contribution in [0.25, 0.3) is 0 Å². The third-order valence-corrected chi connectivity index (χ3v) is 6.83. The highest BCUT2D eigenvalue weighted by Gasteiger charge is 2.29. The molecule has 29 heavy (non-hydrogen) atoms. The Kier molecular flexibility index (Phi) is 6.51. The number of hydrogen-bond acceptors (Lipinski definition) is 5. The van der Waals surface area contributed by atoms with Gasteiger partial charge >= 0.3 is 0 Å². The average Bonchev–Trinajstić information content (AvgIpc) is 3.23. The monoisotopic (exact) mass is 419 g/mol. The fourth-order valence-electron chi connectivity index (χ4n) is 3.70. The minimum atomic E-state index is -3.75. The first-order chi connectivity index (χ1) is 13.8. The Hall–Kier alpha value is -2.49. The summed E-state index contributed by atoms with van der Waals surface area (Å²) >= 11 is 0. The van der Waals surface area contributed by atoms with E-state index < -0.39 is 14.9 Å². The highest BCUT2D eigenvalue weighted by Crippen LogP contribution is 2.19. The SMILES string of the molecule is CN(C)c1ccc([C@@H](CNS(=O)(=O)c2ccc([N+](=O)[O-])cc2)[NH+]2CCCC2)cc1. The lowest BCUT2D eigenvalue weighted by atomic mass is 10.1. The number of sulfonamides is 1. The molecule has 0 saturated carbocycles. The fraction of sp³-hybridized carbons (Fsp3) is 0.400. The number of likely N-dealkylation sites (tertiary alicyclic amines) is 1. The van der Waals surface area contributed by atoms with Gasteiger partial charge in [0.1, 0.15) is 6.04 Å². The third kappa shape index (κ3) is 5.11. The van der Waals surface area contributed by atoms with E-state index in [1.165, 1.54) is 29.2 Å². The molecule has 2 N–H and O–H groups in total. The fourth-order valence-corrected chi connectivity index (χ4v) is 4.75. The zero-order valence-electron chi connectivity index (χ0n) is 16.7. The summed E-state index contributed by atoms with van der Waals surface area (Å²) in [4.78, 5) is 13.7. The van der Waals surface area contributed by atoms with Crippen LogP contribution in [0.15, 0.2) is 53.4 Å². The molecule has 0 aromatic heterocycles. The number of non-ortho nitro benzene ring substituents is 1. The molecule has 2 aromatic rings. The van der Waals surface area contributed by atoms with Crippen molar-refractivity contribution in [3.05, 3.63) is 64.2 Å². The van der Waals surface area contributed by atoms with Crippen molar-refractivity contribution in [2.45, 2.75) is 23.8 Å². The van der Waals surface area contributed by atoms with Crippen LogP contribution in [0.5, 0.6) is 0 Å². The smallest absolute Gasteiger partial charge is 0.269 e. The largest absolute Gasteiger partial charge is 0.378 e. The van der Waals surface area contributed by atoms with Crippen LogP contribution in [-0.4, -0.2) is 47.1 Å². The van der Waals surface area contributed by atoms with Gasteiger partial charge in [-0.1, -0.05) is 12.1 Å². The van der Waals surface area contributed by atoms with Gasteiger partial charge in [0.15, 0.2) is 0 Å². The van der Waals surface area contributed by atoms with E-state index in [-0.39, 0.29) is 23.2 Å². The quantitative estimate of drug-likeness (QED) is 0.497. The zero-order chi connectivity index (χ0) is 21.0. The summed E-state index contributed by atoms with van der Waals surface area (Å²) in [6.07, 6.45) is 2.27. The molecule has 0 radical (unpaired) electrons. The molecular weight excluding hydrogens is 392 g/mol. The number of quaternary nitrogens is 1. The van der Waals surface area contributed by atoms with E-state index in [2.05, 4.69) is 16.9 Å². The number of nitrogens with one attached hydrogen (secondary N) is 2. The number of benzene rings is 2. The van der Waals surface area contributed by atoms with Gasteiger partial charge in [-0.15, -0.1) is 0 Å². The summed E-state index contributed by atoms with van der Waals surface area (Å²) in [5.41, 5.74) is 2.05. The van der Waals surface area contributed by atoms with Crippen LogP contribution in [-0.2, 0) is 10.0 Å². The molecule has 9 heteroatoms. The van der Waals surface area contributed by atoms with Gasteiger partial charge in [0, 0.05) is 50.3 Å². The number of rotatable bonds is 8. The van der Waals surface area contributed by atoms with Crippen molar-refractivity contribution in [2.75, 3.05) is 38.6 Å². The topological polar surface area (TPSA) is 97.0 Å². The number of nitrogens with zero attached hydrogens (tertiary/aromatic N) is 2. The van der Waals surface area contributed by atoms with Crippen molar-refractivity contribution in [1.29, 1.82) is 0 Å². The third-order valence-electron chi connectivity index (χ3n) is 5.39. The van der Waals surface area contributed by atoms with E-state index in [0.717, 1.165) is 37.2 Å². The molecule has 0 amide bonds. The highest BCUT2D eigenvalue weighted by atomic mass is 32.2. The minimum Gasteiger partial charge on any atom is -0.378 e. The maximum Gasteiger partial charge on any atom is 0.269 e. The van der Waals surface area contributed by atoms with E-state index in [0.29, 0.717) is 0 Å². The Morgan fingerprint density at radius 2 is 1.66 bits per heavy atom. The first-order valence-corrected chi connectivity index (χ1v) is 11.1. The van der Waals surface area contributed by atoms with Crippen LogP contribution in [0, 0.1) is 10.1 Å². The van der Waals surface area contributed by atoms with Crippen molar-refractivity contribution in [1.82, 2.24) is 4.72 Å². The Balaban J connectivity index is 1.78. The molecule has 1 heterocycles. The Bertz CT molecular complexity index is 937. The predicted octanol–water partition coefficient (Wildman–Crippen LogP) is 1.36. The molecule has 1 atom stereocenters. The summed E-state index contributed by atoms with van der Waals surface area (Å²) in [6, 6.07) is 13.2. The van der Waals surface area contributed by atoms with E-state index in [4.69, 9.17) is 0 Å². The maximum absolute atomic E-state index is 12.7. The molecule has 0 spiro atoms. The first-order valence-electron chi connectivity index (χ1n) is 9.64. The number of nitro groups is 1. The van der Waals surface area contributed by atoms with Crippen LogP contribution in [0.2, 0.25) is 0 Å². The molecular formula is C20H27N4O4S+. The molecule has 0 unspecified atom stereocenters. The summed E-state index contributed by atoms with van der Waals surface area (Å²) in [5, 5.41) is 10.8. The van der Waals surface area contributed by atoms with Gasteiger partial charge < -0.3 is 9.80 Å². The Morgan fingerprint density at radius 3 is 2.17 bits per heavy atom. The minimum absolute atomic E-state index is 0.0153. The van der Waals surface area contributed by atoms with Crippen molar-refractivity contribution < 1.29 is 18.2 Å². The molecule has 1 saturated heterocycles. The van der Waals surface area contributed by atoms with Crippen molar-refractivity contribution >= 4 is 21.4 Å². The predicted molar refractivity (Wildman–Crippen MR) is 112 cm³/mol. The van der Waals surface area contributed by atoms with Crippen LogP contribution in [0.1, 0.15) is 24.4 Å². The van der Waals surface area contributed by atoms with E-state index >= 15 is 0 Å². The summed E-state index contributed by atoms with van der Waals surface area (Å²) in [5.74, 6) is 0. The van der Waals surface area contributed by atoms with Gasteiger partial charge in [-0.25, -0.2) is 13.1 Å². The lowest BCUT2D eigenvalue weighted by molar-refractivity contribution is -0.918. The molecule has 1 fully saturated rings. The van der Waals surface area contributed by atoms with Gasteiger partial charge in [-0.2, -0.15) is 0 Å². The molecule has 8 nitrogen and oxygen atoms in total. The summed E-state index contributed by atoms with van der Waals surface area (Å²) in [7, 11) is 0.214. The molecule has 1 aliphatic heterocycles. The molecule has 0 aliphatic carbocycles. The van der Waals surface area contributed by atoms with Crippen molar-refractivity contribution in [3.8, 4) is 0 Å². The second kappa shape index (κ2) is 8.89. The van der Waals surface area contributed by atoms with Gasteiger partial charge in [0.2, 0.25) is 10.0 Å². The first kappa shape index (κ1) is 21.2. The van der Waals surface area contributed by atoms with Crippen molar-refractivity contribution in [2.24, 2.45) is 0 Å². The number of hydrogen-bond donors (Lipinski definition) is 2. The average molecular weight is 420 g/mol. The second-order valence-corrected chi connectivity index (χ2v) is 9.27. The van der Waals surface area contributed by atoms with Gasteiger partial charge in [0.05, 0.1) is 29.5 Å². The van der Waals surface area contributed by atoms with Gasteiger partial charge in [-0.3, -0.25) is 10.1 Å². The Morgan fingerprint density at radius 1 is 1.07 bits per heavy atom.